The van der Waals surface area contributed by atoms with Gasteiger partial charge in [0.2, 0.25) is 5.91 Å². The van der Waals surface area contributed by atoms with Crippen LogP contribution in [-0.4, -0.2) is 76.4 Å². The Balaban J connectivity index is 1.08. The molecule has 1 aromatic heterocycles. The molecule has 5 rings (SSSR count). The average Bonchev–Trinajstić information content (AvgIpc) is 3.53. The van der Waals surface area contributed by atoms with E-state index in [2.05, 4.69) is 15.6 Å². The largest absolute Gasteiger partial charge is 0.395 e. The van der Waals surface area contributed by atoms with E-state index in [0.29, 0.717) is 54.7 Å². The van der Waals surface area contributed by atoms with E-state index in [1.165, 1.54) is 16.9 Å². The Morgan fingerprint density at radius 2 is 1.60 bits per heavy atom. The number of anilines is 1. The van der Waals surface area contributed by atoms with Crippen molar-refractivity contribution in [1.29, 1.82) is 0 Å². The van der Waals surface area contributed by atoms with Crippen LogP contribution in [0, 0.1) is 0 Å². The molecular weight excluding hydrogens is 607 g/mol. The summed E-state index contributed by atoms with van der Waals surface area (Å²) in [7, 11) is 0. The van der Waals surface area contributed by atoms with Gasteiger partial charge in [-0.1, -0.05) is 65.9 Å². The fourth-order valence-corrected chi connectivity index (χ4v) is 6.85. The Labute approximate surface area is 271 Å². The van der Waals surface area contributed by atoms with Crippen molar-refractivity contribution in [2.24, 2.45) is 0 Å². The van der Waals surface area contributed by atoms with E-state index in [-0.39, 0.29) is 30.4 Å². The zero-order chi connectivity index (χ0) is 31.6. The lowest BCUT2D eigenvalue weighted by Crippen LogP contribution is -2.50. The molecule has 1 fully saturated rings. The maximum atomic E-state index is 13.0. The molecule has 0 radical (unpaired) electrons. The fraction of sp³-hybridized carbons (Fsp3) is 0.294. The van der Waals surface area contributed by atoms with E-state index in [1.54, 1.807) is 46.8 Å². The fourth-order valence-electron chi connectivity index (χ4n) is 5.04. The number of rotatable bonds is 12. The zero-order valence-corrected chi connectivity index (χ0v) is 26.8. The Kier molecular flexibility index (Phi) is 11.4. The Morgan fingerprint density at radius 3 is 2.31 bits per heavy atom. The summed E-state index contributed by atoms with van der Waals surface area (Å²) in [5.41, 5.74) is 4.39. The molecule has 45 heavy (non-hydrogen) atoms. The van der Waals surface area contributed by atoms with Gasteiger partial charge in [0.1, 0.15) is 0 Å². The third-order valence-corrected chi connectivity index (χ3v) is 9.81. The predicted octanol–water partition coefficient (Wildman–Crippen LogP) is 4.69. The van der Waals surface area contributed by atoms with Gasteiger partial charge in [-0.05, 0) is 47.4 Å². The number of thioether (sulfide) groups is 1. The molecule has 4 aromatic rings. The smallest absolute Gasteiger partial charge is 0.257 e. The summed E-state index contributed by atoms with van der Waals surface area (Å²) < 4.78 is 0.956. The number of benzene rings is 3. The van der Waals surface area contributed by atoms with Crippen LogP contribution in [0.4, 0.5) is 5.13 Å². The van der Waals surface area contributed by atoms with Gasteiger partial charge >= 0.3 is 0 Å². The van der Waals surface area contributed by atoms with Crippen LogP contribution in [0.25, 0.3) is 0 Å². The van der Waals surface area contributed by atoms with Crippen molar-refractivity contribution in [3.63, 3.8) is 0 Å². The molecule has 0 bridgehead atoms. The van der Waals surface area contributed by atoms with E-state index < -0.39 is 0 Å². The molecule has 3 aromatic carbocycles. The second-order valence-corrected chi connectivity index (χ2v) is 13.2. The molecule has 3 amide bonds. The highest BCUT2D eigenvalue weighted by Crippen LogP contribution is 2.31. The minimum atomic E-state index is -0.229. The number of aliphatic hydroxyl groups is 1. The molecule has 1 saturated heterocycles. The van der Waals surface area contributed by atoms with Crippen LogP contribution >= 0.6 is 23.1 Å². The molecule has 9 nitrogen and oxygen atoms in total. The topological polar surface area (TPSA) is 115 Å². The molecule has 0 saturated carbocycles. The number of hydrogen-bond acceptors (Lipinski definition) is 8. The van der Waals surface area contributed by atoms with Gasteiger partial charge in [0.05, 0.1) is 17.0 Å². The van der Waals surface area contributed by atoms with Crippen molar-refractivity contribution in [2.75, 3.05) is 38.1 Å². The molecule has 0 aliphatic carbocycles. The summed E-state index contributed by atoms with van der Waals surface area (Å²) in [6, 6.07) is 25.0. The first-order valence-electron chi connectivity index (χ1n) is 14.9. The van der Waals surface area contributed by atoms with Gasteiger partial charge in [-0.15, -0.1) is 11.8 Å². The van der Waals surface area contributed by atoms with Gasteiger partial charge in [-0.25, -0.2) is 4.98 Å². The first-order valence-corrected chi connectivity index (χ1v) is 16.7. The van der Waals surface area contributed by atoms with Gasteiger partial charge in [0.25, 0.3) is 11.8 Å². The predicted molar refractivity (Wildman–Crippen MR) is 179 cm³/mol. The van der Waals surface area contributed by atoms with Gasteiger partial charge < -0.3 is 20.2 Å². The highest BCUT2D eigenvalue weighted by Gasteiger charge is 2.23. The molecule has 1 aliphatic heterocycles. The number of aliphatic hydroxyl groups excluding tert-OH is 1. The summed E-state index contributed by atoms with van der Waals surface area (Å²) in [5.74, 6) is 0.452. The molecule has 2 heterocycles. The van der Waals surface area contributed by atoms with E-state index in [0.717, 1.165) is 21.8 Å². The highest BCUT2D eigenvalue weighted by atomic mass is 32.2. The standard InChI is InChI=1S/C34H37N5O4S2/c1-24(41)38-14-16-39(17-15-38)33(43)29-9-5-8-27(18-29)23-44-31-21-36-34(45-31)37-32(42)28-12-10-26(11-13-28)20-35-30(22-40)19-25-6-3-2-4-7-25/h2-13,18,21,30,35,40H,14-17,19-20,22-23H2,1H3,(H,36,37,42). The minimum absolute atomic E-state index is 0.0189. The van der Waals surface area contributed by atoms with Crippen molar-refractivity contribution < 1.29 is 19.5 Å². The van der Waals surface area contributed by atoms with Crippen LogP contribution in [0.3, 0.4) is 0 Å². The van der Waals surface area contributed by atoms with Crippen LogP contribution in [0.15, 0.2) is 89.3 Å². The minimum Gasteiger partial charge on any atom is -0.395 e. The molecule has 234 valence electrons. The van der Waals surface area contributed by atoms with E-state index in [1.807, 2.05) is 66.7 Å². The zero-order valence-electron chi connectivity index (χ0n) is 25.1. The molecule has 3 N–H and O–H groups in total. The summed E-state index contributed by atoms with van der Waals surface area (Å²) in [5, 5.41) is 16.6. The number of thiazole rings is 1. The molecule has 1 aliphatic rings. The third-order valence-electron chi connectivity index (χ3n) is 7.63. The summed E-state index contributed by atoms with van der Waals surface area (Å²) in [6.07, 6.45) is 2.48. The molecule has 0 spiro atoms. The van der Waals surface area contributed by atoms with Crippen molar-refractivity contribution in [3.8, 4) is 0 Å². The molecule has 1 atom stereocenters. The lowest BCUT2D eigenvalue weighted by molar-refractivity contribution is -0.130. The van der Waals surface area contributed by atoms with E-state index >= 15 is 0 Å². The van der Waals surface area contributed by atoms with Crippen LogP contribution in [0.1, 0.15) is 44.3 Å². The Bertz CT molecular complexity index is 1590. The number of carbonyl (C=O) groups excluding carboxylic acids is 3. The Hall–Kier alpha value is -4.03. The van der Waals surface area contributed by atoms with Crippen molar-refractivity contribution in [1.82, 2.24) is 20.1 Å². The Morgan fingerprint density at radius 1 is 0.889 bits per heavy atom. The van der Waals surface area contributed by atoms with Crippen LogP contribution < -0.4 is 10.6 Å². The maximum absolute atomic E-state index is 13.0. The number of hydrogen-bond donors (Lipinski definition) is 3. The summed E-state index contributed by atoms with van der Waals surface area (Å²) in [6.45, 7) is 4.37. The number of nitrogens with zero attached hydrogens (tertiary/aromatic N) is 3. The lowest BCUT2D eigenvalue weighted by Gasteiger charge is -2.34. The maximum Gasteiger partial charge on any atom is 0.257 e. The van der Waals surface area contributed by atoms with E-state index in [9.17, 15) is 19.5 Å². The molecule has 11 heteroatoms. The number of aromatic nitrogens is 1. The first-order chi connectivity index (χ1) is 21.9. The third kappa shape index (κ3) is 9.24. The monoisotopic (exact) mass is 643 g/mol. The van der Waals surface area contributed by atoms with Crippen LogP contribution in [0.5, 0.6) is 0 Å². The second-order valence-electron chi connectivity index (χ2n) is 10.9. The summed E-state index contributed by atoms with van der Waals surface area (Å²) >= 11 is 3.01. The second kappa shape index (κ2) is 15.8. The number of piperazine rings is 1. The highest BCUT2D eigenvalue weighted by molar-refractivity contribution is 8.00. The average molecular weight is 644 g/mol. The van der Waals surface area contributed by atoms with E-state index in [4.69, 9.17) is 0 Å². The molecular formula is C34H37N5O4S2. The van der Waals surface area contributed by atoms with Gasteiger partial charge in [0.15, 0.2) is 5.13 Å². The quantitative estimate of drug-likeness (QED) is 0.192. The number of nitrogens with one attached hydrogen (secondary N) is 2. The van der Waals surface area contributed by atoms with Gasteiger partial charge in [0, 0.05) is 62.6 Å². The van der Waals surface area contributed by atoms with Crippen molar-refractivity contribution >= 4 is 46.0 Å². The number of amides is 3. The lowest BCUT2D eigenvalue weighted by atomic mass is 10.1. The molecule has 1 unspecified atom stereocenters. The first kappa shape index (κ1) is 32.4. The SMILES string of the molecule is CC(=O)N1CCN(C(=O)c2cccc(CSc3cnc(NC(=O)c4ccc(CNC(CO)Cc5ccccc5)cc4)s3)c2)CC1. The van der Waals surface area contributed by atoms with Gasteiger partial charge in [-0.3, -0.25) is 19.7 Å². The van der Waals surface area contributed by atoms with Crippen LogP contribution in [0.2, 0.25) is 0 Å². The van der Waals surface area contributed by atoms with Crippen molar-refractivity contribution in [3.05, 3.63) is 113 Å². The van der Waals surface area contributed by atoms with Crippen LogP contribution in [-0.2, 0) is 23.5 Å². The van der Waals surface area contributed by atoms with Gasteiger partial charge in [-0.2, -0.15) is 0 Å². The summed E-state index contributed by atoms with van der Waals surface area (Å²) in [4.78, 5) is 45.4. The van der Waals surface area contributed by atoms with Crippen molar-refractivity contribution in [2.45, 2.75) is 35.9 Å². The number of carbonyl (C=O) groups is 3. The normalized spacial score (nSPS) is 13.8.